The van der Waals surface area contributed by atoms with Gasteiger partial charge in [-0.15, -0.1) is 0 Å². The van der Waals surface area contributed by atoms with E-state index in [1.165, 1.54) is 31.5 Å². The first-order valence-electron chi connectivity index (χ1n) is 6.98. The van der Waals surface area contributed by atoms with Crippen molar-refractivity contribution in [3.05, 3.63) is 28.8 Å². The molecule has 1 aliphatic carbocycles. The van der Waals surface area contributed by atoms with Crippen LogP contribution in [-0.2, 0) is 6.42 Å². The molecule has 0 saturated heterocycles. The van der Waals surface area contributed by atoms with Crippen LogP contribution in [0.15, 0.2) is 18.2 Å². The second-order valence-corrected chi connectivity index (χ2v) is 5.56. The fourth-order valence-electron chi connectivity index (χ4n) is 2.50. The number of hydrogen-bond donors (Lipinski definition) is 1. The van der Waals surface area contributed by atoms with Crippen molar-refractivity contribution in [2.24, 2.45) is 11.7 Å². The monoisotopic (exact) mass is 266 g/mol. The normalized spacial score (nSPS) is 15.5. The molecule has 0 amide bonds. The van der Waals surface area contributed by atoms with Gasteiger partial charge < -0.3 is 10.6 Å². The van der Waals surface area contributed by atoms with Crippen LogP contribution in [0.4, 0.5) is 5.69 Å². The molecule has 1 aromatic rings. The van der Waals surface area contributed by atoms with Gasteiger partial charge in [0.2, 0.25) is 0 Å². The molecule has 0 spiro atoms. The van der Waals surface area contributed by atoms with Gasteiger partial charge in [-0.05, 0) is 56.3 Å². The van der Waals surface area contributed by atoms with Crippen molar-refractivity contribution in [2.75, 3.05) is 24.5 Å². The van der Waals surface area contributed by atoms with Crippen LogP contribution >= 0.6 is 11.6 Å². The number of hydrogen-bond acceptors (Lipinski definition) is 2. The van der Waals surface area contributed by atoms with Crippen LogP contribution in [0.5, 0.6) is 0 Å². The third-order valence-corrected chi connectivity index (χ3v) is 4.25. The van der Waals surface area contributed by atoms with Crippen molar-refractivity contribution in [1.29, 1.82) is 0 Å². The van der Waals surface area contributed by atoms with Gasteiger partial charge in [-0.2, -0.15) is 0 Å². The van der Waals surface area contributed by atoms with Crippen LogP contribution in [0.3, 0.4) is 0 Å². The summed E-state index contributed by atoms with van der Waals surface area (Å²) < 4.78 is 0. The zero-order chi connectivity index (χ0) is 13.0. The Hall–Kier alpha value is -0.730. The zero-order valence-electron chi connectivity index (χ0n) is 11.2. The summed E-state index contributed by atoms with van der Waals surface area (Å²) in [4.78, 5) is 2.43. The molecular weight excluding hydrogens is 244 g/mol. The summed E-state index contributed by atoms with van der Waals surface area (Å²) in [6.07, 6.45) is 5.03. The SMILES string of the molecule is CCN(CC1CCC1)c1ccc(CCN)c(Cl)c1. The average molecular weight is 267 g/mol. The van der Waals surface area contributed by atoms with Gasteiger partial charge in [0.25, 0.3) is 0 Å². The Labute approximate surface area is 115 Å². The maximum atomic E-state index is 6.31. The highest BCUT2D eigenvalue weighted by atomic mass is 35.5. The van der Waals surface area contributed by atoms with Gasteiger partial charge in [0.05, 0.1) is 0 Å². The minimum atomic E-state index is 0.651. The second kappa shape index (κ2) is 6.44. The fraction of sp³-hybridized carbons (Fsp3) is 0.600. The number of benzene rings is 1. The molecule has 3 heteroatoms. The molecule has 0 bridgehead atoms. The van der Waals surface area contributed by atoms with E-state index >= 15 is 0 Å². The van der Waals surface area contributed by atoms with Crippen molar-refractivity contribution in [1.82, 2.24) is 0 Å². The molecule has 1 saturated carbocycles. The second-order valence-electron chi connectivity index (χ2n) is 5.15. The quantitative estimate of drug-likeness (QED) is 0.854. The van der Waals surface area contributed by atoms with Crippen molar-refractivity contribution in [3.63, 3.8) is 0 Å². The Kier molecular flexibility index (Phi) is 4.90. The van der Waals surface area contributed by atoms with Crippen molar-refractivity contribution < 1.29 is 0 Å². The average Bonchev–Trinajstić information content (AvgIpc) is 2.31. The molecule has 2 nitrogen and oxygen atoms in total. The molecule has 0 aromatic heterocycles. The standard InChI is InChI=1S/C15H23ClN2/c1-2-18(11-12-4-3-5-12)14-7-6-13(8-9-17)15(16)10-14/h6-7,10,12H,2-5,8-9,11,17H2,1H3. The van der Waals surface area contributed by atoms with E-state index in [0.717, 1.165) is 29.5 Å². The highest BCUT2D eigenvalue weighted by Crippen LogP contribution is 2.30. The number of rotatable bonds is 6. The Morgan fingerprint density at radius 2 is 2.17 bits per heavy atom. The van der Waals surface area contributed by atoms with E-state index in [4.69, 9.17) is 17.3 Å². The molecule has 0 aliphatic heterocycles. The molecule has 1 fully saturated rings. The summed E-state index contributed by atoms with van der Waals surface area (Å²) in [5.41, 5.74) is 7.98. The van der Waals surface area contributed by atoms with Crippen LogP contribution in [0.2, 0.25) is 5.02 Å². The van der Waals surface area contributed by atoms with Crippen LogP contribution in [-0.4, -0.2) is 19.6 Å². The third kappa shape index (κ3) is 3.18. The third-order valence-electron chi connectivity index (χ3n) is 3.90. The smallest absolute Gasteiger partial charge is 0.0459 e. The first-order valence-corrected chi connectivity index (χ1v) is 7.35. The van der Waals surface area contributed by atoms with Gasteiger partial charge in [0.1, 0.15) is 0 Å². The number of nitrogens with two attached hydrogens (primary N) is 1. The van der Waals surface area contributed by atoms with Gasteiger partial charge in [0, 0.05) is 23.8 Å². The van der Waals surface area contributed by atoms with Crippen LogP contribution < -0.4 is 10.6 Å². The predicted molar refractivity (Wildman–Crippen MR) is 79.4 cm³/mol. The summed E-state index contributed by atoms with van der Waals surface area (Å²) >= 11 is 6.31. The minimum Gasteiger partial charge on any atom is -0.371 e. The summed E-state index contributed by atoms with van der Waals surface area (Å²) in [5.74, 6) is 0.882. The van der Waals surface area contributed by atoms with Gasteiger partial charge in [-0.3, -0.25) is 0 Å². The fourth-order valence-corrected chi connectivity index (χ4v) is 2.76. The van der Waals surface area contributed by atoms with Gasteiger partial charge in [-0.25, -0.2) is 0 Å². The molecule has 2 N–H and O–H groups in total. The minimum absolute atomic E-state index is 0.651. The number of halogens is 1. The Morgan fingerprint density at radius 3 is 2.67 bits per heavy atom. The maximum absolute atomic E-state index is 6.31. The molecule has 100 valence electrons. The molecule has 2 rings (SSSR count). The van der Waals surface area contributed by atoms with E-state index < -0.39 is 0 Å². The van der Waals surface area contributed by atoms with Crippen molar-refractivity contribution in [2.45, 2.75) is 32.6 Å². The highest BCUT2D eigenvalue weighted by Gasteiger charge is 2.20. The lowest BCUT2D eigenvalue weighted by atomic mass is 9.85. The van der Waals surface area contributed by atoms with E-state index in [1.807, 2.05) is 0 Å². The van der Waals surface area contributed by atoms with E-state index in [0.29, 0.717) is 6.54 Å². The molecule has 1 aliphatic rings. The first-order chi connectivity index (χ1) is 8.74. The lowest BCUT2D eigenvalue weighted by Crippen LogP contribution is -2.32. The predicted octanol–water partition coefficient (Wildman–Crippen LogP) is 3.47. The number of anilines is 1. The highest BCUT2D eigenvalue weighted by molar-refractivity contribution is 6.31. The van der Waals surface area contributed by atoms with E-state index in [-0.39, 0.29) is 0 Å². The van der Waals surface area contributed by atoms with Crippen molar-refractivity contribution in [3.8, 4) is 0 Å². The van der Waals surface area contributed by atoms with Crippen LogP contribution in [0.25, 0.3) is 0 Å². The summed E-state index contributed by atoms with van der Waals surface area (Å²) in [5, 5.41) is 0.852. The van der Waals surface area contributed by atoms with Gasteiger partial charge >= 0.3 is 0 Å². The number of nitrogens with zero attached hydrogens (tertiary/aromatic N) is 1. The maximum Gasteiger partial charge on any atom is 0.0459 e. The molecule has 0 heterocycles. The Morgan fingerprint density at radius 1 is 1.39 bits per heavy atom. The topological polar surface area (TPSA) is 29.3 Å². The molecule has 0 unspecified atom stereocenters. The molecule has 0 atom stereocenters. The summed E-state index contributed by atoms with van der Waals surface area (Å²) in [6.45, 7) is 5.07. The zero-order valence-corrected chi connectivity index (χ0v) is 11.9. The van der Waals surface area contributed by atoms with E-state index in [9.17, 15) is 0 Å². The molecule has 1 aromatic carbocycles. The first kappa shape index (κ1) is 13.7. The van der Waals surface area contributed by atoms with Gasteiger partial charge in [0.15, 0.2) is 0 Å². The molecule has 0 radical (unpaired) electrons. The summed E-state index contributed by atoms with van der Waals surface area (Å²) in [7, 11) is 0. The molecular formula is C15H23ClN2. The van der Waals surface area contributed by atoms with Crippen LogP contribution in [0.1, 0.15) is 31.7 Å². The Balaban J connectivity index is 2.07. The van der Waals surface area contributed by atoms with E-state index in [1.54, 1.807) is 0 Å². The largest absolute Gasteiger partial charge is 0.371 e. The summed E-state index contributed by atoms with van der Waals surface area (Å²) in [6, 6.07) is 6.39. The molecule has 18 heavy (non-hydrogen) atoms. The Bertz CT molecular complexity index is 388. The van der Waals surface area contributed by atoms with Crippen LogP contribution in [0, 0.1) is 5.92 Å². The van der Waals surface area contributed by atoms with Crippen molar-refractivity contribution >= 4 is 17.3 Å². The lowest BCUT2D eigenvalue weighted by molar-refractivity contribution is 0.318. The van der Waals surface area contributed by atoms with E-state index in [2.05, 4.69) is 30.0 Å². The lowest BCUT2D eigenvalue weighted by Gasteiger charge is -2.33. The van der Waals surface area contributed by atoms with Gasteiger partial charge in [-0.1, -0.05) is 24.1 Å².